The van der Waals surface area contributed by atoms with E-state index in [1.807, 2.05) is 18.2 Å². The van der Waals surface area contributed by atoms with Gasteiger partial charge < -0.3 is 10.8 Å². The highest BCUT2D eigenvalue weighted by Gasteiger charge is 2.28. The highest BCUT2D eigenvalue weighted by atomic mass is 79.9. The van der Waals surface area contributed by atoms with Gasteiger partial charge in [-0.3, -0.25) is 0 Å². The molecule has 0 fully saturated rings. The van der Waals surface area contributed by atoms with E-state index in [2.05, 4.69) is 15.9 Å². The summed E-state index contributed by atoms with van der Waals surface area (Å²) >= 11 is 3.44. The van der Waals surface area contributed by atoms with E-state index < -0.39 is 6.10 Å². The van der Waals surface area contributed by atoms with Crippen LogP contribution < -0.4 is 5.73 Å². The number of aliphatic hydroxyl groups is 1. The van der Waals surface area contributed by atoms with Gasteiger partial charge in [0.05, 0.1) is 6.10 Å². The van der Waals surface area contributed by atoms with Crippen molar-refractivity contribution >= 4 is 15.9 Å². The minimum atomic E-state index is -0.488. The molecule has 1 aliphatic rings. The second-order valence-corrected chi connectivity index (χ2v) is 3.97. The average Bonchev–Trinajstić information content (AvgIpc) is 2.32. The van der Waals surface area contributed by atoms with Crippen molar-refractivity contribution in [2.75, 3.05) is 0 Å². The summed E-state index contributed by atoms with van der Waals surface area (Å²) < 4.78 is 1.05. The van der Waals surface area contributed by atoms with E-state index in [-0.39, 0.29) is 6.04 Å². The molecule has 3 N–H and O–H groups in total. The molecule has 0 aliphatic heterocycles. The molecule has 2 rings (SSSR count). The van der Waals surface area contributed by atoms with Crippen LogP contribution in [0.15, 0.2) is 22.7 Å². The van der Waals surface area contributed by atoms with E-state index in [9.17, 15) is 5.11 Å². The number of hydrogen-bond donors (Lipinski definition) is 2. The highest BCUT2D eigenvalue weighted by Crippen LogP contribution is 2.34. The van der Waals surface area contributed by atoms with E-state index in [1.54, 1.807) is 0 Å². The third-order valence-electron chi connectivity index (χ3n) is 2.32. The number of halogens is 1. The lowest BCUT2D eigenvalue weighted by molar-refractivity contribution is 0.159. The van der Waals surface area contributed by atoms with E-state index >= 15 is 0 Å². The van der Waals surface area contributed by atoms with Gasteiger partial charge in [-0.05, 0) is 23.6 Å². The number of fused-ring (bicyclic) bond motifs is 1. The molecule has 12 heavy (non-hydrogen) atoms. The van der Waals surface area contributed by atoms with Gasteiger partial charge in [0.25, 0.3) is 0 Å². The van der Waals surface area contributed by atoms with E-state index in [0.717, 1.165) is 22.0 Å². The molecule has 1 aromatic rings. The second-order valence-electron chi connectivity index (χ2n) is 3.12. The minimum absolute atomic E-state index is 0.140. The Labute approximate surface area is 79.5 Å². The summed E-state index contributed by atoms with van der Waals surface area (Å²) in [6, 6.07) is 5.68. The quantitative estimate of drug-likeness (QED) is 0.704. The number of hydrogen-bond acceptors (Lipinski definition) is 2. The van der Waals surface area contributed by atoms with E-state index in [4.69, 9.17) is 5.73 Å². The topological polar surface area (TPSA) is 46.2 Å². The Morgan fingerprint density at radius 1 is 1.50 bits per heavy atom. The molecule has 0 saturated heterocycles. The fourth-order valence-electron chi connectivity index (χ4n) is 1.65. The van der Waals surface area contributed by atoms with Gasteiger partial charge in [-0.1, -0.05) is 28.1 Å². The third-order valence-corrected chi connectivity index (χ3v) is 3.06. The van der Waals surface area contributed by atoms with Crippen molar-refractivity contribution in [3.8, 4) is 0 Å². The Morgan fingerprint density at radius 2 is 2.25 bits per heavy atom. The molecule has 0 amide bonds. The smallest absolute Gasteiger partial charge is 0.0947 e. The zero-order chi connectivity index (χ0) is 8.72. The molecule has 0 radical (unpaired) electrons. The Bertz CT molecular complexity index is 313. The fraction of sp³-hybridized carbons (Fsp3) is 0.333. The summed E-state index contributed by atoms with van der Waals surface area (Å²) in [6.45, 7) is 0. The molecule has 0 saturated carbocycles. The predicted molar refractivity (Wildman–Crippen MR) is 50.8 cm³/mol. The van der Waals surface area contributed by atoms with Crippen molar-refractivity contribution < 1.29 is 5.11 Å². The SMILES string of the molecule is NC1Cc2c(Br)cccc2C1O. The molecular weight excluding hydrogens is 218 g/mol. The largest absolute Gasteiger partial charge is 0.387 e. The maximum Gasteiger partial charge on any atom is 0.0947 e. The Balaban J connectivity index is 2.53. The summed E-state index contributed by atoms with van der Waals surface area (Å²) in [6.07, 6.45) is 0.273. The number of nitrogens with two attached hydrogens (primary N) is 1. The second kappa shape index (κ2) is 2.83. The van der Waals surface area contributed by atoms with Crippen LogP contribution in [0.4, 0.5) is 0 Å². The molecule has 2 unspecified atom stereocenters. The maximum atomic E-state index is 9.63. The maximum absolute atomic E-state index is 9.63. The van der Waals surface area contributed by atoms with Crippen molar-refractivity contribution in [1.29, 1.82) is 0 Å². The van der Waals surface area contributed by atoms with Gasteiger partial charge in [0.15, 0.2) is 0 Å². The van der Waals surface area contributed by atoms with Crippen molar-refractivity contribution in [1.82, 2.24) is 0 Å². The van der Waals surface area contributed by atoms with E-state index in [0.29, 0.717) is 0 Å². The van der Waals surface area contributed by atoms with Gasteiger partial charge in [-0.15, -0.1) is 0 Å². The van der Waals surface area contributed by atoms with Gasteiger partial charge in [0.1, 0.15) is 0 Å². The molecule has 64 valence electrons. The molecule has 0 heterocycles. The molecular formula is C9H10BrNO. The Kier molecular flexibility index (Phi) is 1.94. The number of aliphatic hydroxyl groups excluding tert-OH is 1. The number of benzene rings is 1. The van der Waals surface area contributed by atoms with Gasteiger partial charge in [-0.2, -0.15) is 0 Å². The van der Waals surface area contributed by atoms with Crippen molar-refractivity contribution in [2.45, 2.75) is 18.6 Å². The minimum Gasteiger partial charge on any atom is -0.387 e. The Hall–Kier alpha value is -0.380. The van der Waals surface area contributed by atoms with Crippen LogP contribution in [0, 0.1) is 0 Å². The van der Waals surface area contributed by atoms with Crippen LogP contribution in [0.3, 0.4) is 0 Å². The standard InChI is InChI=1S/C9H10BrNO/c10-7-3-1-2-5-6(7)4-8(11)9(5)12/h1-3,8-9,12H,4,11H2. The van der Waals surface area contributed by atoms with Gasteiger partial charge in [0, 0.05) is 10.5 Å². The highest BCUT2D eigenvalue weighted by molar-refractivity contribution is 9.10. The molecule has 1 aliphatic carbocycles. The van der Waals surface area contributed by atoms with Crippen LogP contribution in [0.1, 0.15) is 17.2 Å². The van der Waals surface area contributed by atoms with Gasteiger partial charge in [-0.25, -0.2) is 0 Å². The summed E-state index contributed by atoms with van der Waals surface area (Å²) in [4.78, 5) is 0. The average molecular weight is 228 g/mol. The first-order valence-electron chi connectivity index (χ1n) is 3.91. The first-order valence-corrected chi connectivity index (χ1v) is 4.70. The lowest BCUT2D eigenvalue weighted by atomic mass is 10.1. The van der Waals surface area contributed by atoms with Crippen molar-refractivity contribution in [2.24, 2.45) is 5.73 Å². The predicted octanol–water partition coefficient (Wildman–Crippen LogP) is 1.37. The molecule has 0 spiro atoms. The van der Waals surface area contributed by atoms with Crippen molar-refractivity contribution in [3.63, 3.8) is 0 Å². The lowest BCUT2D eigenvalue weighted by Gasteiger charge is -2.07. The van der Waals surface area contributed by atoms with Crippen LogP contribution in [-0.4, -0.2) is 11.1 Å². The fourth-order valence-corrected chi connectivity index (χ4v) is 2.19. The van der Waals surface area contributed by atoms with Crippen molar-refractivity contribution in [3.05, 3.63) is 33.8 Å². The third kappa shape index (κ3) is 1.09. The summed E-state index contributed by atoms with van der Waals surface area (Å²) in [5, 5.41) is 9.63. The van der Waals surface area contributed by atoms with Crippen LogP contribution in [0.5, 0.6) is 0 Å². The Morgan fingerprint density at radius 3 is 2.92 bits per heavy atom. The van der Waals surface area contributed by atoms with Crippen LogP contribution >= 0.6 is 15.9 Å². The molecule has 0 bridgehead atoms. The zero-order valence-corrected chi connectivity index (χ0v) is 8.08. The zero-order valence-electron chi connectivity index (χ0n) is 6.50. The summed E-state index contributed by atoms with van der Waals surface area (Å²) in [5.74, 6) is 0. The molecule has 0 aromatic heterocycles. The monoisotopic (exact) mass is 227 g/mol. The van der Waals surface area contributed by atoms with Crippen LogP contribution in [-0.2, 0) is 6.42 Å². The molecule has 2 nitrogen and oxygen atoms in total. The van der Waals surface area contributed by atoms with Crippen LogP contribution in [0.2, 0.25) is 0 Å². The van der Waals surface area contributed by atoms with Gasteiger partial charge in [0.2, 0.25) is 0 Å². The molecule has 2 atom stereocenters. The normalized spacial score (nSPS) is 27.2. The summed E-state index contributed by atoms with van der Waals surface area (Å²) in [7, 11) is 0. The van der Waals surface area contributed by atoms with E-state index in [1.165, 1.54) is 0 Å². The summed E-state index contributed by atoms with van der Waals surface area (Å²) in [5.41, 5.74) is 7.85. The molecule has 1 aromatic carbocycles. The number of rotatable bonds is 0. The van der Waals surface area contributed by atoms with Crippen LogP contribution in [0.25, 0.3) is 0 Å². The molecule has 3 heteroatoms. The first-order chi connectivity index (χ1) is 5.70. The van der Waals surface area contributed by atoms with Gasteiger partial charge >= 0.3 is 0 Å². The lowest BCUT2D eigenvalue weighted by Crippen LogP contribution is -2.24. The first kappa shape index (κ1) is 8.23.